The lowest BCUT2D eigenvalue weighted by Crippen LogP contribution is -2.41. The number of aliphatic hydroxyl groups is 1. The van der Waals surface area contributed by atoms with Crippen LogP contribution in [0.25, 0.3) is 0 Å². The molecule has 0 aliphatic rings. The Morgan fingerprint density at radius 3 is 2.50 bits per heavy atom. The molecule has 0 bridgehead atoms. The SMILES string of the molecule is CC(O)CN(C(=O)c1ccc(Br)o1)C(C)C. The third-order valence-corrected chi connectivity index (χ3v) is 2.56. The minimum Gasteiger partial charge on any atom is -0.444 e. The summed E-state index contributed by atoms with van der Waals surface area (Å²) in [5.74, 6) is 0.0721. The van der Waals surface area contributed by atoms with E-state index >= 15 is 0 Å². The van der Waals surface area contributed by atoms with Crippen LogP contribution in [0, 0.1) is 0 Å². The van der Waals surface area contributed by atoms with E-state index in [-0.39, 0.29) is 17.7 Å². The highest BCUT2D eigenvalue weighted by Gasteiger charge is 2.22. The molecule has 0 aliphatic carbocycles. The number of carbonyl (C=O) groups is 1. The van der Waals surface area contributed by atoms with Crippen molar-refractivity contribution < 1.29 is 14.3 Å². The van der Waals surface area contributed by atoms with Crippen LogP contribution < -0.4 is 0 Å². The summed E-state index contributed by atoms with van der Waals surface area (Å²) in [6.45, 7) is 5.76. The van der Waals surface area contributed by atoms with Gasteiger partial charge in [0.05, 0.1) is 6.10 Å². The molecule has 1 N–H and O–H groups in total. The fourth-order valence-electron chi connectivity index (χ4n) is 1.38. The quantitative estimate of drug-likeness (QED) is 0.925. The number of hydrogen-bond donors (Lipinski definition) is 1. The first-order chi connectivity index (χ1) is 7.41. The summed E-state index contributed by atoms with van der Waals surface area (Å²) in [6.07, 6.45) is -0.551. The first kappa shape index (κ1) is 13.3. The molecule has 0 aromatic carbocycles. The van der Waals surface area contributed by atoms with Gasteiger partial charge in [0.25, 0.3) is 5.91 Å². The second-order valence-corrected chi connectivity index (χ2v) is 4.79. The van der Waals surface area contributed by atoms with Crippen molar-refractivity contribution in [2.24, 2.45) is 0 Å². The van der Waals surface area contributed by atoms with Crippen LogP contribution in [0.15, 0.2) is 21.2 Å². The van der Waals surface area contributed by atoms with Gasteiger partial charge in [-0.25, -0.2) is 0 Å². The van der Waals surface area contributed by atoms with Gasteiger partial charge in [0.1, 0.15) is 0 Å². The van der Waals surface area contributed by atoms with Crippen molar-refractivity contribution in [3.05, 3.63) is 22.6 Å². The van der Waals surface area contributed by atoms with Gasteiger partial charge >= 0.3 is 0 Å². The highest BCUT2D eigenvalue weighted by atomic mass is 79.9. The molecule has 1 atom stereocenters. The molecule has 0 saturated carbocycles. The van der Waals surface area contributed by atoms with Crippen LogP contribution in [0.1, 0.15) is 31.3 Å². The van der Waals surface area contributed by atoms with Crippen LogP contribution in [0.3, 0.4) is 0 Å². The molecule has 0 fully saturated rings. The topological polar surface area (TPSA) is 53.7 Å². The fourth-order valence-corrected chi connectivity index (χ4v) is 1.69. The van der Waals surface area contributed by atoms with E-state index in [1.54, 1.807) is 24.0 Å². The summed E-state index contributed by atoms with van der Waals surface area (Å²) in [7, 11) is 0. The van der Waals surface area contributed by atoms with E-state index in [0.717, 1.165) is 0 Å². The largest absolute Gasteiger partial charge is 0.444 e. The van der Waals surface area contributed by atoms with Crippen molar-refractivity contribution in [3.63, 3.8) is 0 Å². The number of halogens is 1. The molecule has 1 unspecified atom stereocenters. The average Bonchev–Trinajstić information content (AvgIpc) is 2.59. The molecule has 5 heteroatoms. The predicted molar refractivity (Wildman–Crippen MR) is 64.3 cm³/mol. The summed E-state index contributed by atoms with van der Waals surface area (Å²) in [5, 5.41) is 9.34. The molecular weight excluding hydrogens is 274 g/mol. The van der Waals surface area contributed by atoms with E-state index in [9.17, 15) is 9.90 Å². The zero-order chi connectivity index (χ0) is 12.3. The number of aliphatic hydroxyl groups excluding tert-OH is 1. The second kappa shape index (κ2) is 5.50. The molecule has 1 rings (SSSR count). The van der Waals surface area contributed by atoms with Crippen LogP contribution in [0.2, 0.25) is 0 Å². The molecular formula is C11H16BrNO3. The van der Waals surface area contributed by atoms with Gasteiger partial charge in [-0.15, -0.1) is 0 Å². The van der Waals surface area contributed by atoms with Crippen LogP contribution in [0.4, 0.5) is 0 Å². The Labute approximate surface area is 103 Å². The Hall–Kier alpha value is -0.810. The monoisotopic (exact) mass is 289 g/mol. The van der Waals surface area contributed by atoms with Gasteiger partial charge in [0.15, 0.2) is 10.4 Å². The van der Waals surface area contributed by atoms with E-state index in [1.165, 1.54) is 0 Å². The minimum absolute atomic E-state index is 0.0194. The van der Waals surface area contributed by atoms with Gasteiger partial charge < -0.3 is 14.4 Å². The molecule has 16 heavy (non-hydrogen) atoms. The number of carbonyl (C=O) groups excluding carboxylic acids is 1. The van der Waals surface area contributed by atoms with Gasteiger partial charge in [-0.2, -0.15) is 0 Å². The van der Waals surface area contributed by atoms with Crippen LogP contribution in [-0.2, 0) is 0 Å². The molecule has 0 aliphatic heterocycles. The molecule has 1 aromatic heterocycles. The van der Waals surface area contributed by atoms with Gasteiger partial charge in [-0.05, 0) is 48.8 Å². The smallest absolute Gasteiger partial charge is 0.289 e. The zero-order valence-electron chi connectivity index (χ0n) is 9.61. The molecule has 1 amide bonds. The van der Waals surface area contributed by atoms with Gasteiger partial charge in [0.2, 0.25) is 0 Å². The Morgan fingerprint density at radius 2 is 2.12 bits per heavy atom. The summed E-state index contributed by atoms with van der Waals surface area (Å²) >= 11 is 3.15. The Balaban J connectivity index is 2.83. The molecule has 0 radical (unpaired) electrons. The maximum Gasteiger partial charge on any atom is 0.289 e. The fraction of sp³-hybridized carbons (Fsp3) is 0.545. The molecule has 1 aromatic rings. The van der Waals surface area contributed by atoms with Crippen molar-refractivity contribution >= 4 is 21.8 Å². The first-order valence-electron chi connectivity index (χ1n) is 5.16. The van der Waals surface area contributed by atoms with E-state index in [0.29, 0.717) is 11.2 Å². The lowest BCUT2D eigenvalue weighted by Gasteiger charge is -2.26. The number of rotatable bonds is 4. The van der Waals surface area contributed by atoms with Crippen LogP contribution >= 0.6 is 15.9 Å². The summed E-state index contributed by atoms with van der Waals surface area (Å²) in [6, 6.07) is 3.31. The lowest BCUT2D eigenvalue weighted by molar-refractivity contribution is 0.0547. The highest BCUT2D eigenvalue weighted by Crippen LogP contribution is 2.17. The molecule has 0 saturated heterocycles. The maximum absolute atomic E-state index is 12.0. The Bertz CT molecular complexity index is 360. The average molecular weight is 290 g/mol. The molecule has 1 heterocycles. The van der Waals surface area contributed by atoms with Crippen molar-refractivity contribution in [2.75, 3.05) is 6.54 Å². The van der Waals surface area contributed by atoms with E-state index in [4.69, 9.17) is 4.42 Å². The number of hydrogen-bond acceptors (Lipinski definition) is 3. The molecule has 0 spiro atoms. The number of nitrogens with zero attached hydrogens (tertiary/aromatic N) is 1. The lowest BCUT2D eigenvalue weighted by atomic mass is 10.2. The van der Waals surface area contributed by atoms with Crippen molar-refractivity contribution in [1.82, 2.24) is 4.90 Å². The summed E-state index contributed by atoms with van der Waals surface area (Å²) in [5.41, 5.74) is 0. The standard InChI is InChI=1S/C11H16BrNO3/c1-7(2)13(6-8(3)14)11(15)9-4-5-10(12)16-9/h4-5,7-8,14H,6H2,1-3H3. The van der Waals surface area contributed by atoms with Crippen molar-refractivity contribution in [2.45, 2.75) is 32.9 Å². The highest BCUT2D eigenvalue weighted by molar-refractivity contribution is 9.10. The maximum atomic E-state index is 12.0. The van der Waals surface area contributed by atoms with E-state index in [1.807, 2.05) is 13.8 Å². The predicted octanol–water partition coefficient (Wildman–Crippen LogP) is 2.27. The summed E-state index contributed by atoms with van der Waals surface area (Å²) in [4.78, 5) is 13.6. The van der Waals surface area contributed by atoms with Crippen molar-refractivity contribution in [1.29, 1.82) is 0 Å². The Morgan fingerprint density at radius 1 is 1.50 bits per heavy atom. The third kappa shape index (κ3) is 3.35. The zero-order valence-corrected chi connectivity index (χ0v) is 11.2. The van der Waals surface area contributed by atoms with Gasteiger partial charge in [-0.1, -0.05) is 0 Å². The number of furan rings is 1. The third-order valence-electron chi connectivity index (χ3n) is 2.13. The summed E-state index contributed by atoms with van der Waals surface area (Å²) < 4.78 is 5.73. The van der Waals surface area contributed by atoms with E-state index in [2.05, 4.69) is 15.9 Å². The molecule has 4 nitrogen and oxygen atoms in total. The van der Waals surface area contributed by atoms with Gasteiger partial charge in [-0.3, -0.25) is 4.79 Å². The normalized spacial score (nSPS) is 12.9. The van der Waals surface area contributed by atoms with Crippen LogP contribution in [0.5, 0.6) is 0 Å². The van der Waals surface area contributed by atoms with Gasteiger partial charge in [0, 0.05) is 12.6 Å². The van der Waals surface area contributed by atoms with Crippen LogP contribution in [-0.4, -0.2) is 34.6 Å². The minimum atomic E-state index is -0.551. The second-order valence-electron chi connectivity index (χ2n) is 4.00. The van der Waals surface area contributed by atoms with E-state index < -0.39 is 6.10 Å². The first-order valence-corrected chi connectivity index (χ1v) is 5.95. The van der Waals surface area contributed by atoms with Crippen molar-refractivity contribution in [3.8, 4) is 0 Å². The molecule has 90 valence electrons. The Kier molecular flexibility index (Phi) is 4.56. The number of amides is 1.